The van der Waals surface area contributed by atoms with Gasteiger partial charge in [0, 0.05) is 6.04 Å². The van der Waals surface area contributed by atoms with E-state index >= 15 is 0 Å². The number of piperidine rings is 1. The molecule has 0 bridgehead atoms. The molecular formula is C9H18N2O. The van der Waals surface area contributed by atoms with Gasteiger partial charge in [-0.3, -0.25) is 0 Å². The number of ether oxygens (including phenoxy) is 1. The van der Waals surface area contributed by atoms with Gasteiger partial charge >= 0.3 is 0 Å². The Morgan fingerprint density at radius 1 is 1.42 bits per heavy atom. The molecule has 3 heteroatoms. The van der Waals surface area contributed by atoms with Crippen molar-refractivity contribution < 1.29 is 4.74 Å². The molecule has 2 heterocycles. The maximum Gasteiger partial charge on any atom is 0.0723 e. The van der Waals surface area contributed by atoms with Crippen molar-refractivity contribution in [2.24, 2.45) is 0 Å². The van der Waals surface area contributed by atoms with E-state index in [2.05, 4.69) is 10.6 Å². The molecule has 2 rings (SSSR count). The molecule has 0 aromatic heterocycles. The first-order valence-corrected chi connectivity index (χ1v) is 4.87. The molecular weight excluding hydrogens is 152 g/mol. The van der Waals surface area contributed by atoms with Gasteiger partial charge in [-0.15, -0.1) is 0 Å². The molecule has 70 valence electrons. The first-order valence-electron chi connectivity index (χ1n) is 4.87. The standard InChI is InChI=1S/C9H18N2O/c1-10-8-6-9(12-7-8)2-4-11-5-3-9/h8,10-11H,2-7H2,1H3. The van der Waals surface area contributed by atoms with Gasteiger partial charge in [0.25, 0.3) is 0 Å². The average Bonchev–Trinajstić information content (AvgIpc) is 2.50. The van der Waals surface area contributed by atoms with E-state index in [4.69, 9.17) is 4.74 Å². The highest BCUT2D eigenvalue weighted by molar-refractivity contribution is 4.94. The van der Waals surface area contributed by atoms with E-state index in [1.807, 2.05) is 7.05 Å². The molecule has 12 heavy (non-hydrogen) atoms. The summed E-state index contributed by atoms with van der Waals surface area (Å²) in [6.45, 7) is 3.14. The Morgan fingerprint density at radius 2 is 2.17 bits per heavy atom. The molecule has 0 aliphatic carbocycles. The molecule has 0 amide bonds. The van der Waals surface area contributed by atoms with Crippen molar-refractivity contribution in [3.05, 3.63) is 0 Å². The number of hydrogen-bond acceptors (Lipinski definition) is 3. The molecule has 1 atom stereocenters. The Hall–Kier alpha value is -0.120. The van der Waals surface area contributed by atoms with Crippen molar-refractivity contribution in [2.45, 2.75) is 30.9 Å². The molecule has 0 saturated carbocycles. The SMILES string of the molecule is CNC1COC2(CCNCC2)C1. The summed E-state index contributed by atoms with van der Waals surface area (Å²) < 4.78 is 5.88. The van der Waals surface area contributed by atoms with E-state index in [-0.39, 0.29) is 5.60 Å². The fraction of sp³-hybridized carbons (Fsp3) is 1.00. The molecule has 1 spiro atoms. The molecule has 3 nitrogen and oxygen atoms in total. The summed E-state index contributed by atoms with van der Waals surface area (Å²) in [6.07, 6.45) is 3.57. The topological polar surface area (TPSA) is 33.3 Å². The van der Waals surface area contributed by atoms with Gasteiger partial charge in [-0.2, -0.15) is 0 Å². The van der Waals surface area contributed by atoms with Crippen LogP contribution in [-0.2, 0) is 4.74 Å². The Balaban J connectivity index is 1.94. The van der Waals surface area contributed by atoms with Crippen molar-refractivity contribution >= 4 is 0 Å². The lowest BCUT2D eigenvalue weighted by atomic mass is 9.88. The smallest absolute Gasteiger partial charge is 0.0723 e. The molecule has 0 aromatic carbocycles. The fourth-order valence-corrected chi connectivity index (χ4v) is 2.26. The zero-order chi connectivity index (χ0) is 8.44. The van der Waals surface area contributed by atoms with Crippen LogP contribution in [0.15, 0.2) is 0 Å². The number of rotatable bonds is 1. The molecule has 2 fully saturated rings. The van der Waals surface area contributed by atoms with Crippen LogP contribution in [0, 0.1) is 0 Å². The number of hydrogen-bond donors (Lipinski definition) is 2. The van der Waals surface area contributed by atoms with Crippen LogP contribution >= 0.6 is 0 Å². The third-order valence-electron chi connectivity index (χ3n) is 3.13. The highest BCUT2D eigenvalue weighted by Gasteiger charge is 2.40. The summed E-state index contributed by atoms with van der Waals surface area (Å²) in [5.41, 5.74) is 0.221. The van der Waals surface area contributed by atoms with Gasteiger partial charge in [-0.25, -0.2) is 0 Å². The van der Waals surface area contributed by atoms with Crippen LogP contribution < -0.4 is 10.6 Å². The second kappa shape index (κ2) is 3.32. The van der Waals surface area contributed by atoms with Crippen molar-refractivity contribution in [3.63, 3.8) is 0 Å². The molecule has 0 radical (unpaired) electrons. The Labute approximate surface area is 73.9 Å². The maximum atomic E-state index is 5.88. The summed E-state index contributed by atoms with van der Waals surface area (Å²) in [4.78, 5) is 0. The first kappa shape index (κ1) is 8.48. The minimum Gasteiger partial charge on any atom is -0.373 e. The van der Waals surface area contributed by atoms with Crippen molar-refractivity contribution in [2.75, 3.05) is 26.7 Å². The Bertz CT molecular complexity index is 155. The third-order valence-corrected chi connectivity index (χ3v) is 3.13. The quantitative estimate of drug-likeness (QED) is 0.586. The van der Waals surface area contributed by atoms with Crippen molar-refractivity contribution in [3.8, 4) is 0 Å². The molecule has 2 N–H and O–H groups in total. The minimum atomic E-state index is 0.221. The van der Waals surface area contributed by atoms with Crippen LogP contribution in [0.5, 0.6) is 0 Å². The molecule has 2 aliphatic heterocycles. The molecule has 0 aromatic rings. The summed E-state index contributed by atoms with van der Waals surface area (Å²) in [5, 5.41) is 6.66. The largest absolute Gasteiger partial charge is 0.373 e. The average molecular weight is 170 g/mol. The molecule has 2 aliphatic rings. The van der Waals surface area contributed by atoms with Gasteiger partial charge in [-0.05, 0) is 39.4 Å². The fourth-order valence-electron chi connectivity index (χ4n) is 2.26. The van der Waals surface area contributed by atoms with Crippen LogP contribution in [0.3, 0.4) is 0 Å². The predicted octanol–water partition coefficient (Wildman–Crippen LogP) is 0.117. The van der Waals surface area contributed by atoms with Crippen molar-refractivity contribution in [1.82, 2.24) is 10.6 Å². The van der Waals surface area contributed by atoms with Gasteiger partial charge in [0.2, 0.25) is 0 Å². The van der Waals surface area contributed by atoms with Crippen LogP contribution in [-0.4, -0.2) is 38.4 Å². The van der Waals surface area contributed by atoms with Gasteiger partial charge in [0.05, 0.1) is 12.2 Å². The zero-order valence-electron chi connectivity index (χ0n) is 7.73. The second-order valence-corrected chi connectivity index (χ2v) is 3.93. The number of nitrogens with one attached hydrogen (secondary N) is 2. The predicted molar refractivity (Wildman–Crippen MR) is 48.3 cm³/mol. The lowest BCUT2D eigenvalue weighted by Gasteiger charge is -2.32. The van der Waals surface area contributed by atoms with E-state index in [0.29, 0.717) is 6.04 Å². The van der Waals surface area contributed by atoms with E-state index in [0.717, 1.165) is 19.7 Å². The lowest BCUT2D eigenvalue weighted by molar-refractivity contribution is -0.0193. The van der Waals surface area contributed by atoms with Gasteiger partial charge in [0.1, 0.15) is 0 Å². The zero-order valence-corrected chi connectivity index (χ0v) is 7.73. The molecule has 1 unspecified atom stereocenters. The van der Waals surface area contributed by atoms with Crippen LogP contribution in [0.2, 0.25) is 0 Å². The number of likely N-dealkylation sites (N-methyl/N-ethyl adjacent to an activating group) is 1. The summed E-state index contributed by atoms with van der Waals surface area (Å²) >= 11 is 0. The van der Waals surface area contributed by atoms with Crippen LogP contribution in [0.1, 0.15) is 19.3 Å². The van der Waals surface area contributed by atoms with Gasteiger partial charge in [0.15, 0.2) is 0 Å². The summed E-state index contributed by atoms with van der Waals surface area (Å²) in [7, 11) is 2.02. The lowest BCUT2D eigenvalue weighted by Crippen LogP contribution is -2.42. The summed E-state index contributed by atoms with van der Waals surface area (Å²) in [5.74, 6) is 0. The minimum absolute atomic E-state index is 0.221. The van der Waals surface area contributed by atoms with Crippen LogP contribution in [0.25, 0.3) is 0 Å². The first-order chi connectivity index (χ1) is 5.85. The van der Waals surface area contributed by atoms with Crippen LogP contribution in [0.4, 0.5) is 0 Å². The Kier molecular flexibility index (Phi) is 2.35. The monoisotopic (exact) mass is 170 g/mol. The Morgan fingerprint density at radius 3 is 2.75 bits per heavy atom. The van der Waals surface area contributed by atoms with Gasteiger partial charge < -0.3 is 15.4 Å². The van der Waals surface area contributed by atoms with E-state index < -0.39 is 0 Å². The summed E-state index contributed by atoms with van der Waals surface area (Å²) in [6, 6.07) is 0.586. The van der Waals surface area contributed by atoms with Crippen molar-refractivity contribution in [1.29, 1.82) is 0 Å². The highest BCUT2D eigenvalue weighted by atomic mass is 16.5. The highest BCUT2D eigenvalue weighted by Crippen LogP contribution is 2.33. The van der Waals surface area contributed by atoms with E-state index in [1.54, 1.807) is 0 Å². The normalized spacial score (nSPS) is 34.2. The second-order valence-electron chi connectivity index (χ2n) is 3.93. The molecule has 2 saturated heterocycles. The third kappa shape index (κ3) is 1.49. The van der Waals surface area contributed by atoms with E-state index in [9.17, 15) is 0 Å². The maximum absolute atomic E-state index is 5.88. The van der Waals surface area contributed by atoms with E-state index in [1.165, 1.54) is 19.3 Å². The van der Waals surface area contributed by atoms with Gasteiger partial charge in [-0.1, -0.05) is 0 Å².